The van der Waals surface area contributed by atoms with Gasteiger partial charge in [0.1, 0.15) is 5.75 Å². The van der Waals surface area contributed by atoms with E-state index >= 15 is 0 Å². The Morgan fingerprint density at radius 3 is 2.67 bits per heavy atom. The van der Waals surface area contributed by atoms with Crippen LogP contribution in [0.5, 0.6) is 5.75 Å². The van der Waals surface area contributed by atoms with Crippen LogP contribution in [-0.2, 0) is 11.2 Å². The summed E-state index contributed by atoms with van der Waals surface area (Å²) in [5.74, 6) is 0.750. The zero-order valence-corrected chi connectivity index (χ0v) is 12.0. The lowest BCUT2D eigenvalue weighted by molar-refractivity contribution is 0.134. The smallest absolute Gasteiger partial charge is 0.141 e. The van der Waals surface area contributed by atoms with Gasteiger partial charge in [-0.15, -0.1) is 0 Å². The summed E-state index contributed by atoms with van der Waals surface area (Å²) in [5.41, 5.74) is 6.89. The molecule has 0 bridgehead atoms. The molecule has 1 aromatic rings. The van der Waals surface area contributed by atoms with E-state index in [2.05, 4.69) is 0 Å². The van der Waals surface area contributed by atoms with Gasteiger partial charge >= 0.3 is 0 Å². The molecule has 0 radical (unpaired) electrons. The van der Waals surface area contributed by atoms with Gasteiger partial charge in [0, 0.05) is 26.2 Å². The van der Waals surface area contributed by atoms with E-state index in [1.54, 1.807) is 7.11 Å². The number of hydrogen-bond acceptors (Lipinski definition) is 3. The summed E-state index contributed by atoms with van der Waals surface area (Å²) in [7, 11) is 1.68. The standard InChI is InChI=1S/C14H22ClNO2/c1-10(16)9-12-5-4-6-13(15)14(12)18-11(2)7-8-17-3/h4-6,10-11H,7-9,16H2,1-3H3. The Labute approximate surface area is 114 Å². The van der Waals surface area contributed by atoms with E-state index in [-0.39, 0.29) is 12.1 Å². The van der Waals surface area contributed by atoms with E-state index in [0.717, 1.165) is 24.2 Å². The van der Waals surface area contributed by atoms with Crippen LogP contribution in [-0.4, -0.2) is 25.9 Å². The minimum absolute atomic E-state index is 0.0664. The van der Waals surface area contributed by atoms with Crippen molar-refractivity contribution < 1.29 is 9.47 Å². The SMILES string of the molecule is COCCC(C)Oc1c(Cl)cccc1CC(C)N. The highest BCUT2D eigenvalue weighted by Crippen LogP contribution is 2.30. The van der Waals surface area contributed by atoms with Crippen molar-refractivity contribution in [1.29, 1.82) is 0 Å². The lowest BCUT2D eigenvalue weighted by Gasteiger charge is -2.19. The van der Waals surface area contributed by atoms with Crippen LogP contribution in [0.15, 0.2) is 18.2 Å². The van der Waals surface area contributed by atoms with E-state index in [1.165, 1.54) is 0 Å². The summed E-state index contributed by atoms with van der Waals surface area (Å²) >= 11 is 6.19. The Kier molecular flexibility index (Phi) is 6.47. The molecule has 0 saturated heterocycles. The van der Waals surface area contributed by atoms with Gasteiger partial charge < -0.3 is 15.2 Å². The predicted molar refractivity (Wildman–Crippen MR) is 75.4 cm³/mol. The van der Waals surface area contributed by atoms with E-state index in [0.29, 0.717) is 11.6 Å². The van der Waals surface area contributed by atoms with Crippen molar-refractivity contribution in [1.82, 2.24) is 0 Å². The van der Waals surface area contributed by atoms with Gasteiger partial charge in [-0.1, -0.05) is 23.7 Å². The van der Waals surface area contributed by atoms with E-state index in [1.807, 2.05) is 32.0 Å². The molecule has 2 atom stereocenters. The van der Waals surface area contributed by atoms with Gasteiger partial charge in [-0.05, 0) is 31.9 Å². The van der Waals surface area contributed by atoms with Crippen molar-refractivity contribution in [2.75, 3.05) is 13.7 Å². The number of para-hydroxylation sites is 1. The largest absolute Gasteiger partial charge is 0.489 e. The third-order valence-electron chi connectivity index (χ3n) is 2.64. The maximum Gasteiger partial charge on any atom is 0.141 e. The van der Waals surface area contributed by atoms with Crippen LogP contribution in [0.2, 0.25) is 5.02 Å². The molecule has 4 heteroatoms. The average Bonchev–Trinajstić information content (AvgIpc) is 2.30. The van der Waals surface area contributed by atoms with Crippen molar-refractivity contribution >= 4 is 11.6 Å². The molecule has 18 heavy (non-hydrogen) atoms. The molecule has 0 aliphatic carbocycles. The molecular formula is C14H22ClNO2. The summed E-state index contributed by atoms with van der Waals surface area (Å²) in [6, 6.07) is 5.85. The predicted octanol–water partition coefficient (Wildman–Crippen LogP) is 3.03. The van der Waals surface area contributed by atoms with Gasteiger partial charge in [-0.3, -0.25) is 0 Å². The molecule has 0 aliphatic rings. The third-order valence-corrected chi connectivity index (χ3v) is 2.94. The van der Waals surface area contributed by atoms with Crippen LogP contribution in [0.1, 0.15) is 25.8 Å². The normalized spacial score (nSPS) is 14.3. The molecule has 0 heterocycles. The number of benzene rings is 1. The van der Waals surface area contributed by atoms with Crippen molar-refractivity contribution in [3.63, 3.8) is 0 Å². The second kappa shape index (κ2) is 7.62. The van der Waals surface area contributed by atoms with Gasteiger partial charge in [0.25, 0.3) is 0 Å². The van der Waals surface area contributed by atoms with Gasteiger partial charge in [0.15, 0.2) is 0 Å². The summed E-state index contributed by atoms with van der Waals surface area (Å²) in [4.78, 5) is 0. The van der Waals surface area contributed by atoms with Crippen LogP contribution >= 0.6 is 11.6 Å². The first-order valence-corrected chi connectivity index (χ1v) is 6.61. The van der Waals surface area contributed by atoms with Crippen molar-refractivity contribution in [2.45, 2.75) is 38.8 Å². The maximum atomic E-state index is 6.19. The minimum Gasteiger partial charge on any atom is -0.489 e. The number of ether oxygens (including phenoxy) is 2. The van der Waals surface area contributed by atoms with Gasteiger partial charge in [-0.2, -0.15) is 0 Å². The van der Waals surface area contributed by atoms with E-state index in [9.17, 15) is 0 Å². The zero-order valence-electron chi connectivity index (χ0n) is 11.3. The monoisotopic (exact) mass is 271 g/mol. The molecule has 0 saturated carbocycles. The van der Waals surface area contributed by atoms with Crippen molar-refractivity contribution in [3.8, 4) is 5.75 Å². The van der Waals surface area contributed by atoms with Crippen LogP contribution in [0.3, 0.4) is 0 Å². The summed E-state index contributed by atoms with van der Waals surface area (Å²) in [6.07, 6.45) is 1.66. The number of rotatable bonds is 7. The molecule has 3 nitrogen and oxygen atoms in total. The Bertz CT molecular complexity index is 369. The average molecular weight is 272 g/mol. The second-order valence-corrected chi connectivity index (χ2v) is 5.03. The lowest BCUT2D eigenvalue weighted by Crippen LogP contribution is -2.20. The number of methoxy groups -OCH3 is 1. The Hall–Kier alpha value is -0.770. The molecule has 0 aliphatic heterocycles. The van der Waals surface area contributed by atoms with E-state index < -0.39 is 0 Å². The summed E-state index contributed by atoms with van der Waals surface area (Å²) < 4.78 is 11.0. The van der Waals surface area contributed by atoms with Crippen LogP contribution < -0.4 is 10.5 Å². The summed E-state index contributed by atoms with van der Waals surface area (Å²) in [6.45, 7) is 4.66. The summed E-state index contributed by atoms with van der Waals surface area (Å²) in [5, 5.41) is 0.636. The van der Waals surface area contributed by atoms with Crippen LogP contribution in [0.4, 0.5) is 0 Å². The van der Waals surface area contributed by atoms with Crippen LogP contribution in [0, 0.1) is 0 Å². The Balaban J connectivity index is 2.78. The number of hydrogen-bond donors (Lipinski definition) is 1. The van der Waals surface area contributed by atoms with Gasteiger partial charge in [-0.25, -0.2) is 0 Å². The minimum atomic E-state index is 0.0664. The molecule has 0 amide bonds. The fourth-order valence-electron chi connectivity index (χ4n) is 1.74. The van der Waals surface area contributed by atoms with Crippen LogP contribution in [0.25, 0.3) is 0 Å². The molecule has 0 aromatic heterocycles. The van der Waals surface area contributed by atoms with E-state index in [4.69, 9.17) is 26.8 Å². The first-order valence-electron chi connectivity index (χ1n) is 6.23. The Morgan fingerprint density at radius 1 is 1.33 bits per heavy atom. The fourth-order valence-corrected chi connectivity index (χ4v) is 1.98. The molecule has 2 N–H and O–H groups in total. The number of nitrogens with two attached hydrogens (primary N) is 1. The first-order chi connectivity index (χ1) is 8.54. The molecule has 0 spiro atoms. The topological polar surface area (TPSA) is 44.5 Å². The van der Waals surface area contributed by atoms with Crippen molar-refractivity contribution in [3.05, 3.63) is 28.8 Å². The molecule has 2 unspecified atom stereocenters. The Morgan fingerprint density at radius 2 is 2.06 bits per heavy atom. The lowest BCUT2D eigenvalue weighted by atomic mass is 10.1. The molecule has 102 valence electrons. The quantitative estimate of drug-likeness (QED) is 0.829. The first kappa shape index (κ1) is 15.3. The highest BCUT2D eigenvalue weighted by Gasteiger charge is 2.13. The number of halogens is 1. The second-order valence-electron chi connectivity index (χ2n) is 4.62. The highest BCUT2D eigenvalue weighted by molar-refractivity contribution is 6.32. The molecule has 0 fully saturated rings. The molecular weight excluding hydrogens is 250 g/mol. The molecule has 1 aromatic carbocycles. The zero-order chi connectivity index (χ0) is 13.5. The fraction of sp³-hybridized carbons (Fsp3) is 0.571. The highest BCUT2D eigenvalue weighted by atomic mass is 35.5. The van der Waals surface area contributed by atoms with Gasteiger partial charge in [0.05, 0.1) is 11.1 Å². The van der Waals surface area contributed by atoms with Crippen molar-refractivity contribution in [2.24, 2.45) is 5.73 Å². The van der Waals surface area contributed by atoms with Gasteiger partial charge in [0.2, 0.25) is 0 Å². The maximum absolute atomic E-state index is 6.19. The molecule has 1 rings (SSSR count). The third kappa shape index (κ3) is 4.84.